The summed E-state index contributed by atoms with van der Waals surface area (Å²) in [4.78, 5) is 14.2. The summed E-state index contributed by atoms with van der Waals surface area (Å²) in [5.74, 6) is 0.0616. The molecule has 0 radical (unpaired) electrons. The van der Waals surface area contributed by atoms with Crippen LogP contribution in [-0.4, -0.2) is 9.67 Å². The average molecular weight is 458 g/mol. The molecule has 0 amide bonds. The minimum absolute atomic E-state index is 0.0616. The maximum absolute atomic E-state index is 13.1. The predicted molar refractivity (Wildman–Crippen MR) is 134 cm³/mol. The van der Waals surface area contributed by atoms with Crippen molar-refractivity contribution in [3.63, 3.8) is 0 Å². The molecule has 2 heterocycles. The van der Waals surface area contributed by atoms with Crippen LogP contribution in [0.4, 0.5) is 0 Å². The molecule has 0 fully saturated rings. The first kappa shape index (κ1) is 20.6. The van der Waals surface area contributed by atoms with E-state index in [0.29, 0.717) is 22.4 Å². The van der Waals surface area contributed by atoms with Gasteiger partial charge in [-0.3, -0.25) is 4.79 Å². The Labute approximate surface area is 194 Å². The van der Waals surface area contributed by atoms with Gasteiger partial charge < -0.3 is 9.67 Å². The number of hydrogen-bond donors (Lipinski definition) is 1. The Balaban J connectivity index is 1.57. The van der Waals surface area contributed by atoms with Crippen molar-refractivity contribution in [2.75, 3.05) is 0 Å². The van der Waals surface area contributed by atoms with Gasteiger partial charge in [0.25, 0.3) is 5.56 Å². The van der Waals surface area contributed by atoms with Crippen molar-refractivity contribution in [1.82, 2.24) is 4.57 Å². The van der Waals surface area contributed by atoms with Crippen molar-refractivity contribution >= 4 is 33.8 Å². The lowest BCUT2D eigenvalue weighted by Gasteiger charge is -2.13. The van der Waals surface area contributed by atoms with Gasteiger partial charge in [-0.1, -0.05) is 60.1 Å². The van der Waals surface area contributed by atoms with Crippen LogP contribution in [-0.2, 0) is 13.5 Å². The fraction of sp³-hybridized carbons (Fsp3) is 0.0741. The molecule has 158 valence electrons. The van der Waals surface area contributed by atoms with E-state index in [-0.39, 0.29) is 11.3 Å². The van der Waals surface area contributed by atoms with Crippen LogP contribution in [0.25, 0.3) is 32.5 Å². The first-order valence-corrected chi connectivity index (χ1v) is 11.5. The summed E-state index contributed by atoms with van der Waals surface area (Å²) in [6.07, 6.45) is 0.355. The molecule has 5 rings (SSSR count). The van der Waals surface area contributed by atoms with E-state index >= 15 is 0 Å². The lowest BCUT2D eigenvalue weighted by molar-refractivity contribution is 0.473. The number of aromatic nitrogens is 1. The molecule has 0 bridgehead atoms. The smallest absolute Gasteiger partial charge is 0.258 e. The van der Waals surface area contributed by atoms with Gasteiger partial charge in [-0.05, 0) is 58.0 Å². The number of halogens is 1. The lowest BCUT2D eigenvalue weighted by atomic mass is 9.97. The average Bonchev–Trinajstić information content (AvgIpc) is 3.31. The summed E-state index contributed by atoms with van der Waals surface area (Å²) in [7, 11) is 1.75. The number of hydrogen-bond acceptors (Lipinski definition) is 3. The van der Waals surface area contributed by atoms with E-state index in [1.165, 1.54) is 0 Å². The highest BCUT2D eigenvalue weighted by Gasteiger charge is 2.17. The van der Waals surface area contributed by atoms with Crippen LogP contribution in [0.3, 0.4) is 0 Å². The van der Waals surface area contributed by atoms with E-state index in [0.717, 1.165) is 32.6 Å². The van der Waals surface area contributed by atoms with E-state index < -0.39 is 0 Å². The summed E-state index contributed by atoms with van der Waals surface area (Å²) in [5.41, 5.74) is 5.25. The Morgan fingerprint density at radius 2 is 1.66 bits per heavy atom. The Morgan fingerprint density at radius 3 is 2.47 bits per heavy atom. The first-order valence-electron chi connectivity index (χ1n) is 10.3. The predicted octanol–water partition coefficient (Wildman–Crippen LogP) is 6.88. The second-order valence-corrected chi connectivity index (χ2v) is 9.10. The molecule has 32 heavy (non-hydrogen) atoms. The molecule has 0 saturated heterocycles. The van der Waals surface area contributed by atoms with Gasteiger partial charge in [0.1, 0.15) is 5.75 Å². The first-order chi connectivity index (χ1) is 15.5. The second-order valence-electron chi connectivity index (χ2n) is 7.75. The molecular weight excluding hydrogens is 438 g/mol. The maximum atomic E-state index is 13.1. The molecule has 5 heteroatoms. The van der Waals surface area contributed by atoms with Crippen LogP contribution >= 0.6 is 22.9 Å². The minimum atomic E-state index is -0.177. The molecule has 0 spiro atoms. The highest BCUT2D eigenvalue weighted by Crippen LogP contribution is 2.36. The van der Waals surface area contributed by atoms with Crippen molar-refractivity contribution in [1.29, 1.82) is 0 Å². The number of aromatic hydroxyl groups is 1. The third kappa shape index (κ3) is 3.62. The number of rotatable bonds is 4. The number of aryl methyl sites for hydroxylation is 1. The fourth-order valence-electron chi connectivity index (χ4n) is 4.08. The van der Waals surface area contributed by atoms with Crippen molar-refractivity contribution in [3.8, 4) is 27.3 Å². The van der Waals surface area contributed by atoms with Gasteiger partial charge in [-0.25, -0.2) is 0 Å². The summed E-state index contributed by atoms with van der Waals surface area (Å²) < 4.78 is 1.61. The number of para-hydroxylation sites is 1. The minimum Gasteiger partial charge on any atom is -0.507 e. The normalized spacial score (nSPS) is 11.2. The van der Waals surface area contributed by atoms with Gasteiger partial charge in [-0.2, -0.15) is 0 Å². The van der Waals surface area contributed by atoms with Crippen LogP contribution in [0.1, 0.15) is 11.1 Å². The highest BCUT2D eigenvalue weighted by atomic mass is 35.5. The van der Waals surface area contributed by atoms with E-state index in [1.807, 2.05) is 66.7 Å². The Kier molecular flexibility index (Phi) is 5.33. The van der Waals surface area contributed by atoms with Gasteiger partial charge in [0.15, 0.2) is 0 Å². The van der Waals surface area contributed by atoms with Crippen molar-refractivity contribution in [3.05, 3.63) is 111 Å². The molecule has 2 aromatic heterocycles. The van der Waals surface area contributed by atoms with E-state index in [4.69, 9.17) is 11.6 Å². The van der Waals surface area contributed by atoms with Crippen LogP contribution in [0, 0.1) is 0 Å². The van der Waals surface area contributed by atoms with Crippen molar-refractivity contribution in [2.45, 2.75) is 6.42 Å². The van der Waals surface area contributed by atoms with Crippen LogP contribution in [0.5, 0.6) is 5.75 Å². The zero-order valence-corrected chi connectivity index (χ0v) is 19.0. The van der Waals surface area contributed by atoms with E-state index in [1.54, 1.807) is 23.0 Å². The monoisotopic (exact) mass is 457 g/mol. The van der Waals surface area contributed by atoms with Gasteiger partial charge in [0, 0.05) is 28.8 Å². The molecule has 0 aliphatic heterocycles. The Bertz CT molecular complexity index is 1500. The zero-order chi connectivity index (χ0) is 22.2. The standard InChI is InChI=1S/C27H20ClNO2S/c1-29-24-9-5-4-8-22(24)26(30)23(27(29)31)14-18-6-2-3-7-21(18)25-15-19(16-32-25)17-10-12-20(28)13-11-17/h2-13,15-16,30H,14H2,1H3. The van der Waals surface area contributed by atoms with Gasteiger partial charge in [-0.15, -0.1) is 11.3 Å². The fourth-order valence-corrected chi connectivity index (χ4v) is 5.18. The molecule has 0 unspecified atom stereocenters. The van der Waals surface area contributed by atoms with Gasteiger partial charge in [0.05, 0.1) is 11.1 Å². The third-order valence-corrected chi connectivity index (χ3v) is 7.01. The topological polar surface area (TPSA) is 42.2 Å². The van der Waals surface area contributed by atoms with Crippen molar-refractivity contribution in [2.24, 2.45) is 7.05 Å². The van der Waals surface area contributed by atoms with Crippen LogP contribution in [0.15, 0.2) is 89.0 Å². The molecule has 0 aliphatic rings. The number of benzene rings is 3. The number of fused-ring (bicyclic) bond motifs is 1. The van der Waals surface area contributed by atoms with Gasteiger partial charge >= 0.3 is 0 Å². The molecule has 0 atom stereocenters. The van der Waals surface area contributed by atoms with Gasteiger partial charge in [0.2, 0.25) is 0 Å². The molecule has 5 aromatic rings. The lowest BCUT2D eigenvalue weighted by Crippen LogP contribution is -2.22. The SMILES string of the molecule is Cn1c(=O)c(Cc2ccccc2-c2cc(-c3ccc(Cl)cc3)cs2)c(O)c2ccccc21. The van der Waals surface area contributed by atoms with E-state index in [9.17, 15) is 9.90 Å². The Hall–Kier alpha value is -3.34. The molecule has 0 aliphatic carbocycles. The maximum Gasteiger partial charge on any atom is 0.258 e. The number of thiophene rings is 1. The zero-order valence-electron chi connectivity index (χ0n) is 17.4. The van der Waals surface area contributed by atoms with Crippen molar-refractivity contribution < 1.29 is 5.11 Å². The third-order valence-electron chi connectivity index (χ3n) is 5.80. The highest BCUT2D eigenvalue weighted by molar-refractivity contribution is 7.14. The molecule has 1 N–H and O–H groups in total. The number of nitrogens with zero attached hydrogens (tertiary/aromatic N) is 1. The number of pyridine rings is 1. The summed E-state index contributed by atoms with van der Waals surface area (Å²) in [6, 6.07) is 25.4. The largest absolute Gasteiger partial charge is 0.507 e. The quantitative estimate of drug-likeness (QED) is 0.319. The summed E-state index contributed by atoms with van der Waals surface area (Å²) in [6.45, 7) is 0. The van der Waals surface area contributed by atoms with E-state index in [2.05, 4.69) is 17.5 Å². The molecule has 3 aromatic carbocycles. The molecule has 3 nitrogen and oxygen atoms in total. The van der Waals surface area contributed by atoms with Crippen LogP contribution in [0.2, 0.25) is 5.02 Å². The molecular formula is C27H20ClNO2S. The second kappa shape index (κ2) is 8.30. The summed E-state index contributed by atoms with van der Waals surface area (Å²) in [5, 5.41) is 14.5. The van der Waals surface area contributed by atoms with Crippen LogP contribution < -0.4 is 5.56 Å². The Morgan fingerprint density at radius 1 is 0.938 bits per heavy atom. The molecule has 0 saturated carbocycles. The summed E-state index contributed by atoms with van der Waals surface area (Å²) >= 11 is 7.69.